The van der Waals surface area contributed by atoms with Crippen LogP contribution in [0.2, 0.25) is 0 Å². The Hall–Kier alpha value is -0.160. The minimum atomic E-state index is -0.431. The number of aliphatic hydroxyl groups excluding tert-OH is 1. The molecule has 0 heterocycles. The fourth-order valence-electron chi connectivity index (χ4n) is 1.88. The molecule has 2 atom stereocenters. The molecule has 0 aliphatic heterocycles. The van der Waals surface area contributed by atoms with Crippen LogP contribution in [0.5, 0.6) is 0 Å². The Morgan fingerprint density at radius 2 is 1.65 bits per heavy atom. The molecule has 0 radical (unpaired) electrons. The van der Waals surface area contributed by atoms with Gasteiger partial charge in [0.2, 0.25) is 0 Å². The molecule has 122 valence electrons. The number of hydrogen-bond donors (Lipinski definition) is 2. The molecule has 0 saturated heterocycles. The second-order valence-corrected chi connectivity index (χ2v) is 5.50. The third-order valence-corrected chi connectivity index (χ3v) is 3.27. The van der Waals surface area contributed by atoms with Crippen molar-refractivity contribution in [3.63, 3.8) is 0 Å². The third-order valence-electron chi connectivity index (χ3n) is 3.27. The van der Waals surface area contributed by atoms with Crippen LogP contribution < -0.4 is 5.32 Å². The average molecular weight is 289 g/mol. The van der Waals surface area contributed by atoms with Gasteiger partial charge in [-0.3, -0.25) is 0 Å². The van der Waals surface area contributed by atoms with E-state index in [-0.39, 0.29) is 0 Å². The summed E-state index contributed by atoms with van der Waals surface area (Å²) in [5.41, 5.74) is 0. The van der Waals surface area contributed by atoms with E-state index < -0.39 is 6.10 Å². The number of rotatable bonds is 15. The Bertz CT molecular complexity index is 191. The zero-order chi connectivity index (χ0) is 15.1. The summed E-state index contributed by atoms with van der Waals surface area (Å²) in [4.78, 5) is 0. The first-order chi connectivity index (χ1) is 9.70. The summed E-state index contributed by atoms with van der Waals surface area (Å²) < 4.78 is 10.8. The molecule has 0 aromatic rings. The minimum absolute atomic E-state index is 0.381. The molecule has 0 amide bonds. The Kier molecular flexibility index (Phi) is 15.1. The first-order valence-electron chi connectivity index (χ1n) is 8.27. The molecule has 2 N–H and O–H groups in total. The monoisotopic (exact) mass is 289 g/mol. The predicted molar refractivity (Wildman–Crippen MR) is 84.2 cm³/mol. The van der Waals surface area contributed by atoms with Crippen molar-refractivity contribution in [2.24, 2.45) is 0 Å². The van der Waals surface area contributed by atoms with Crippen molar-refractivity contribution < 1.29 is 14.6 Å². The zero-order valence-corrected chi connectivity index (χ0v) is 13.7. The van der Waals surface area contributed by atoms with Crippen LogP contribution in [0.15, 0.2) is 0 Å². The lowest BCUT2D eigenvalue weighted by molar-refractivity contribution is 0.00326. The van der Waals surface area contributed by atoms with Gasteiger partial charge in [0.1, 0.15) is 0 Å². The summed E-state index contributed by atoms with van der Waals surface area (Å²) in [7, 11) is 0. The maximum atomic E-state index is 9.78. The molecular weight excluding hydrogens is 254 g/mol. The minimum Gasteiger partial charge on any atom is -0.389 e. The molecular formula is C16H35NO3. The van der Waals surface area contributed by atoms with Crippen molar-refractivity contribution >= 4 is 0 Å². The molecule has 0 aliphatic rings. The lowest BCUT2D eigenvalue weighted by Crippen LogP contribution is -2.36. The molecule has 20 heavy (non-hydrogen) atoms. The van der Waals surface area contributed by atoms with Gasteiger partial charge in [0.15, 0.2) is 0 Å². The van der Waals surface area contributed by atoms with Gasteiger partial charge < -0.3 is 19.9 Å². The van der Waals surface area contributed by atoms with Gasteiger partial charge in [-0.25, -0.2) is 0 Å². The highest BCUT2D eigenvalue weighted by Crippen LogP contribution is 2.02. The van der Waals surface area contributed by atoms with E-state index in [9.17, 15) is 5.11 Å². The maximum Gasteiger partial charge on any atom is 0.0897 e. The average Bonchev–Trinajstić information content (AvgIpc) is 2.44. The summed E-state index contributed by atoms with van der Waals surface area (Å²) in [6.45, 7) is 9.50. The van der Waals surface area contributed by atoms with Crippen molar-refractivity contribution in [2.75, 3.05) is 33.0 Å². The van der Waals surface area contributed by atoms with E-state index in [1.165, 1.54) is 25.7 Å². The Morgan fingerprint density at radius 3 is 2.35 bits per heavy atom. The standard InChI is InChI=1S/C16H35NO3/c1-4-6-8-9-15(3)17-13-16(18)14-20-12-11-19-10-7-5-2/h15-18H,4-14H2,1-3H3. The molecule has 0 aromatic carbocycles. The second kappa shape index (κ2) is 15.2. The summed E-state index contributed by atoms with van der Waals surface area (Å²) in [5.74, 6) is 0. The molecule has 0 saturated carbocycles. The number of nitrogens with one attached hydrogen (secondary N) is 1. The van der Waals surface area contributed by atoms with Gasteiger partial charge in [-0.2, -0.15) is 0 Å². The molecule has 4 heteroatoms. The van der Waals surface area contributed by atoms with Crippen LogP contribution >= 0.6 is 0 Å². The molecule has 0 spiro atoms. The number of ether oxygens (including phenoxy) is 2. The molecule has 0 bridgehead atoms. The summed E-state index contributed by atoms with van der Waals surface area (Å²) in [6, 6.07) is 0.466. The van der Waals surface area contributed by atoms with Crippen molar-refractivity contribution in [2.45, 2.75) is 71.4 Å². The first kappa shape index (κ1) is 19.8. The Balaban J connectivity index is 3.29. The molecule has 0 aliphatic carbocycles. The predicted octanol–water partition coefficient (Wildman–Crippen LogP) is 2.74. The second-order valence-electron chi connectivity index (χ2n) is 5.50. The SMILES string of the molecule is CCCCCC(C)NCC(O)COCCOCCCC. The zero-order valence-electron chi connectivity index (χ0n) is 13.7. The fourth-order valence-corrected chi connectivity index (χ4v) is 1.88. The smallest absolute Gasteiger partial charge is 0.0897 e. The Morgan fingerprint density at radius 1 is 0.950 bits per heavy atom. The topological polar surface area (TPSA) is 50.7 Å². The summed E-state index contributed by atoms with van der Waals surface area (Å²) in [5, 5.41) is 13.1. The van der Waals surface area contributed by atoms with E-state index in [2.05, 4.69) is 26.1 Å². The van der Waals surface area contributed by atoms with Crippen LogP contribution in [0.3, 0.4) is 0 Å². The van der Waals surface area contributed by atoms with Gasteiger partial charge in [0.25, 0.3) is 0 Å². The van der Waals surface area contributed by atoms with Crippen LogP contribution in [0.4, 0.5) is 0 Å². The van der Waals surface area contributed by atoms with E-state index in [0.29, 0.717) is 32.4 Å². The van der Waals surface area contributed by atoms with Gasteiger partial charge in [0, 0.05) is 19.2 Å². The van der Waals surface area contributed by atoms with Crippen LogP contribution in [-0.4, -0.2) is 50.2 Å². The highest BCUT2D eigenvalue weighted by molar-refractivity contribution is 4.65. The van der Waals surface area contributed by atoms with Crippen LogP contribution in [0.25, 0.3) is 0 Å². The summed E-state index contributed by atoms with van der Waals surface area (Å²) in [6.07, 6.45) is 6.79. The van der Waals surface area contributed by atoms with Crippen molar-refractivity contribution in [3.05, 3.63) is 0 Å². The van der Waals surface area contributed by atoms with Crippen molar-refractivity contribution in [3.8, 4) is 0 Å². The number of unbranched alkanes of at least 4 members (excludes halogenated alkanes) is 3. The van der Waals surface area contributed by atoms with E-state index in [4.69, 9.17) is 9.47 Å². The van der Waals surface area contributed by atoms with Gasteiger partial charge >= 0.3 is 0 Å². The quantitative estimate of drug-likeness (QED) is 0.455. The highest BCUT2D eigenvalue weighted by atomic mass is 16.5. The largest absolute Gasteiger partial charge is 0.389 e. The molecule has 0 fully saturated rings. The fraction of sp³-hybridized carbons (Fsp3) is 1.00. The number of aliphatic hydroxyl groups is 1. The van der Waals surface area contributed by atoms with E-state index in [0.717, 1.165) is 19.4 Å². The lowest BCUT2D eigenvalue weighted by atomic mass is 10.1. The van der Waals surface area contributed by atoms with E-state index in [1.807, 2.05) is 0 Å². The van der Waals surface area contributed by atoms with Crippen LogP contribution in [0, 0.1) is 0 Å². The molecule has 0 aromatic heterocycles. The molecule has 4 nitrogen and oxygen atoms in total. The molecule has 0 rings (SSSR count). The van der Waals surface area contributed by atoms with Gasteiger partial charge in [0.05, 0.1) is 25.9 Å². The van der Waals surface area contributed by atoms with Gasteiger partial charge in [-0.15, -0.1) is 0 Å². The van der Waals surface area contributed by atoms with Crippen LogP contribution in [0.1, 0.15) is 59.3 Å². The van der Waals surface area contributed by atoms with Gasteiger partial charge in [-0.05, 0) is 19.8 Å². The Labute approximate surface area is 125 Å². The van der Waals surface area contributed by atoms with Crippen molar-refractivity contribution in [1.29, 1.82) is 0 Å². The lowest BCUT2D eigenvalue weighted by Gasteiger charge is -2.17. The van der Waals surface area contributed by atoms with E-state index >= 15 is 0 Å². The third kappa shape index (κ3) is 14.3. The van der Waals surface area contributed by atoms with Crippen molar-refractivity contribution in [1.82, 2.24) is 5.32 Å². The summed E-state index contributed by atoms with van der Waals surface area (Å²) >= 11 is 0. The highest BCUT2D eigenvalue weighted by Gasteiger charge is 2.07. The molecule has 2 unspecified atom stereocenters. The van der Waals surface area contributed by atoms with Crippen LogP contribution in [-0.2, 0) is 9.47 Å². The van der Waals surface area contributed by atoms with Gasteiger partial charge in [-0.1, -0.05) is 39.5 Å². The van der Waals surface area contributed by atoms with E-state index in [1.54, 1.807) is 0 Å². The normalized spacial score (nSPS) is 14.4. The first-order valence-corrected chi connectivity index (χ1v) is 8.27. The number of hydrogen-bond acceptors (Lipinski definition) is 4. The maximum absolute atomic E-state index is 9.78.